The first-order valence-corrected chi connectivity index (χ1v) is 12.5. The Labute approximate surface area is 187 Å². The van der Waals surface area contributed by atoms with Crippen LogP contribution in [0.3, 0.4) is 0 Å². The minimum Gasteiger partial charge on any atom is -0.332 e. The van der Waals surface area contributed by atoms with E-state index in [0.29, 0.717) is 5.69 Å². The maximum Gasteiger partial charge on any atom is 0.250 e. The average molecular weight is 464 g/mol. The van der Waals surface area contributed by atoms with Gasteiger partial charge in [0.25, 0.3) is 0 Å². The molecule has 3 rings (SSSR count). The molecule has 0 atom stereocenters. The third kappa shape index (κ3) is 5.98. The standard InChI is InChI=1S/C21H25N3O3S3/c1-24(17-6-3-2-4-7-17)30(26,27)19-12-9-16(10-13-19)22-21(28)23-20(25)14-11-18-8-5-15-29-18/h5,8-15,17H,2-4,6-7H2,1H3,(H2,22,23,25,28)/b14-11+. The first-order valence-electron chi connectivity index (χ1n) is 9.78. The number of hydrogen-bond donors (Lipinski definition) is 2. The van der Waals surface area contributed by atoms with Gasteiger partial charge in [0, 0.05) is 29.7 Å². The van der Waals surface area contributed by atoms with Crippen LogP contribution in [0.4, 0.5) is 5.69 Å². The van der Waals surface area contributed by atoms with Gasteiger partial charge in [-0.3, -0.25) is 10.1 Å². The van der Waals surface area contributed by atoms with Crippen molar-refractivity contribution in [3.05, 3.63) is 52.7 Å². The highest BCUT2D eigenvalue weighted by atomic mass is 32.2. The van der Waals surface area contributed by atoms with Crippen LogP contribution in [-0.4, -0.2) is 36.8 Å². The fourth-order valence-electron chi connectivity index (χ4n) is 3.38. The van der Waals surface area contributed by atoms with Crippen LogP contribution in [0, 0.1) is 0 Å². The Morgan fingerprint density at radius 3 is 2.50 bits per heavy atom. The van der Waals surface area contributed by atoms with Crippen LogP contribution < -0.4 is 10.6 Å². The highest BCUT2D eigenvalue weighted by Crippen LogP contribution is 2.27. The van der Waals surface area contributed by atoms with Crippen molar-refractivity contribution in [2.75, 3.05) is 12.4 Å². The SMILES string of the molecule is CN(C1CCCCC1)S(=O)(=O)c1ccc(NC(=S)NC(=O)/C=C/c2cccs2)cc1. The number of sulfonamides is 1. The summed E-state index contributed by atoms with van der Waals surface area (Å²) in [7, 11) is -1.88. The fraction of sp³-hybridized carbons (Fsp3) is 0.333. The average Bonchev–Trinajstić information content (AvgIpc) is 3.26. The van der Waals surface area contributed by atoms with Gasteiger partial charge in [0.05, 0.1) is 4.90 Å². The van der Waals surface area contributed by atoms with E-state index in [2.05, 4.69) is 10.6 Å². The second kappa shape index (κ2) is 10.3. The smallest absolute Gasteiger partial charge is 0.250 e. The molecule has 2 N–H and O–H groups in total. The molecule has 9 heteroatoms. The molecular formula is C21H25N3O3S3. The second-order valence-corrected chi connectivity index (χ2v) is 10.5. The number of nitrogens with zero attached hydrogens (tertiary/aromatic N) is 1. The number of carbonyl (C=O) groups is 1. The Morgan fingerprint density at radius 2 is 1.87 bits per heavy atom. The topological polar surface area (TPSA) is 78.5 Å². The van der Waals surface area contributed by atoms with E-state index in [0.717, 1.165) is 30.6 Å². The molecule has 30 heavy (non-hydrogen) atoms. The van der Waals surface area contributed by atoms with Crippen molar-refractivity contribution in [2.24, 2.45) is 0 Å². The number of amides is 1. The van der Waals surface area contributed by atoms with Gasteiger partial charge in [-0.2, -0.15) is 4.31 Å². The van der Waals surface area contributed by atoms with E-state index < -0.39 is 10.0 Å². The molecule has 0 aliphatic heterocycles. The second-order valence-electron chi connectivity index (χ2n) is 7.13. The molecule has 1 aromatic carbocycles. The van der Waals surface area contributed by atoms with Crippen molar-refractivity contribution in [1.29, 1.82) is 0 Å². The lowest BCUT2D eigenvalue weighted by molar-refractivity contribution is -0.115. The van der Waals surface area contributed by atoms with E-state index in [1.54, 1.807) is 37.4 Å². The van der Waals surface area contributed by atoms with Crippen LogP contribution in [0.1, 0.15) is 37.0 Å². The highest BCUT2D eigenvalue weighted by molar-refractivity contribution is 7.89. The molecule has 1 aliphatic carbocycles. The number of benzene rings is 1. The van der Waals surface area contributed by atoms with Crippen molar-refractivity contribution in [3.63, 3.8) is 0 Å². The molecule has 0 saturated heterocycles. The van der Waals surface area contributed by atoms with Gasteiger partial charge in [-0.05, 0) is 66.8 Å². The van der Waals surface area contributed by atoms with E-state index in [-0.39, 0.29) is 22.0 Å². The molecule has 1 heterocycles. The molecule has 2 aromatic rings. The Morgan fingerprint density at radius 1 is 1.17 bits per heavy atom. The number of thiophene rings is 1. The third-order valence-electron chi connectivity index (χ3n) is 5.06. The summed E-state index contributed by atoms with van der Waals surface area (Å²) in [6.07, 6.45) is 8.25. The van der Waals surface area contributed by atoms with Crippen LogP contribution in [0.25, 0.3) is 6.08 Å². The zero-order chi connectivity index (χ0) is 21.6. The summed E-state index contributed by atoms with van der Waals surface area (Å²) < 4.78 is 27.3. The lowest BCUT2D eigenvalue weighted by atomic mass is 9.96. The van der Waals surface area contributed by atoms with Crippen molar-refractivity contribution in [3.8, 4) is 0 Å². The van der Waals surface area contributed by atoms with E-state index >= 15 is 0 Å². The molecule has 1 fully saturated rings. The molecule has 1 aliphatic rings. The minimum atomic E-state index is -3.54. The number of thiocarbonyl (C=S) groups is 1. The van der Waals surface area contributed by atoms with E-state index in [1.807, 2.05) is 17.5 Å². The Kier molecular flexibility index (Phi) is 7.76. The van der Waals surface area contributed by atoms with Crippen LogP contribution in [-0.2, 0) is 14.8 Å². The Balaban J connectivity index is 1.57. The summed E-state index contributed by atoms with van der Waals surface area (Å²) >= 11 is 6.69. The fourth-order valence-corrected chi connectivity index (χ4v) is 5.63. The van der Waals surface area contributed by atoms with Crippen molar-refractivity contribution < 1.29 is 13.2 Å². The lowest BCUT2D eigenvalue weighted by Gasteiger charge is -2.30. The van der Waals surface area contributed by atoms with Gasteiger partial charge in [-0.15, -0.1) is 11.3 Å². The summed E-state index contributed by atoms with van der Waals surface area (Å²) in [5.41, 5.74) is 0.599. The van der Waals surface area contributed by atoms with Crippen LogP contribution in [0.5, 0.6) is 0 Å². The highest BCUT2D eigenvalue weighted by Gasteiger charge is 2.28. The monoisotopic (exact) mass is 463 g/mol. The van der Waals surface area contributed by atoms with Crippen molar-refractivity contribution in [2.45, 2.75) is 43.0 Å². The predicted octanol–water partition coefficient (Wildman–Crippen LogP) is 4.23. The van der Waals surface area contributed by atoms with Crippen LogP contribution in [0.15, 0.2) is 52.7 Å². The number of carbonyl (C=O) groups excluding carboxylic acids is 1. The molecule has 160 valence electrons. The Bertz CT molecular complexity index is 994. The first-order chi connectivity index (χ1) is 14.4. The van der Waals surface area contributed by atoms with Gasteiger partial charge in [0.15, 0.2) is 5.11 Å². The van der Waals surface area contributed by atoms with E-state index in [1.165, 1.54) is 28.1 Å². The molecule has 1 saturated carbocycles. The molecule has 0 unspecified atom stereocenters. The zero-order valence-electron chi connectivity index (χ0n) is 16.7. The van der Waals surface area contributed by atoms with Crippen LogP contribution in [0.2, 0.25) is 0 Å². The summed E-state index contributed by atoms with van der Waals surface area (Å²) in [6, 6.07) is 10.3. The molecule has 1 aromatic heterocycles. The van der Waals surface area contributed by atoms with Gasteiger partial charge < -0.3 is 5.32 Å². The lowest BCUT2D eigenvalue weighted by Crippen LogP contribution is -2.38. The molecule has 0 radical (unpaired) electrons. The number of rotatable bonds is 6. The van der Waals surface area contributed by atoms with E-state index in [9.17, 15) is 13.2 Å². The van der Waals surface area contributed by atoms with E-state index in [4.69, 9.17) is 12.2 Å². The predicted molar refractivity (Wildman–Crippen MR) is 126 cm³/mol. The van der Waals surface area contributed by atoms with Crippen molar-refractivity contribution >= 4 is 56.4 Å². The normalized spacial score (nSPS) is 15.4. The molecular weight excluding hydrogens is 438 g/mol. The molecule has 6 nitrogen and oxygen atoms in total. The van der Waals surface area contributed by atoms with Gasteiger partial charge in [0.1, 0.15) is 0 Å². The quantitative estimate of drug-likeness (QED) is 0.495. The van der Waals surface area contributed by atoms with Gasteiger partial charge >= 0.3 is 0 Å². The number of hydrogen-bond acceptors (Lipinski definition) is 5. The number of nitrogens with one attached hydrogen (secondary N) is 2. The Hall–Kier alpha value is -2.07. The summed E-state index contributed by atoms with van der Waals surface area (Å²) in [6.45, 7) is 0. The van der Waals surface area contributed by atoms with Crippen molar-refractivity contribution in [1.82, 2.24) is 9.62 Å². The third-order valence-corrected chi connectivity index (χ3v) is 8.02. The molecule has 0 spiro atoms. The summed E-state index contributed by atoms with van der Waals surface area (Å²) in [5.74, 6) is -0.339. The summed E-state index contributed by atoms with van der Waals surface area (Å²) in [4.78, 5) is 13.2. The van der Waals surface area contributed by atoms with Gasteiger partial charge in [0.2, 0.25) is 15.9 Å². The van der Waals surface area contributed by atoms with Gasteiger partial charge in [-0.1, -0.05) is 25.3 Å². The first kappa shape index (κ1) is 22.6. The molecule has 1 amide bonds. The largest absolute Gasteiger partial charge is 0.332 e. The van der Waals surface area contributed by atoms with Gasteiger partial charge in [-0.25, -0.2) is 8.42 Å². The summed E-state index contributed by atoms with van der Waals surface area (Å²) in [5, 5.41) is 7.54. The minimum absolute atomic E-state index is 0.0616. The van der Waals surface area contributed by atoms with Crippen LogP contribution >= 0.6 is 23.6 Å². The zero-order valence-corrected chi connectivity index (χ0v) is 19.2. The molecule has 0 bridgehead atoms. The maximum atomic E-state index is 12.9. The maximum absolute atomic E-state index is 12.9. The number of anilines is 1.